The number of carbonyl (C=O) groups excluding carboxylic acids is 4. The van der Waals surface area contributed by atoms with E-state index in [2.05, 4.69) is 15.4 Å². The number of nitrogens with zero attached hydrogens (tertiary/aromatic N) is 2. The Morgan fingerprint density at radius 3 is 2.50 bits per heavy atom. The number of fused-ring (bicyclic) bond motifs is 5. The van der Waals surface area contributed by atoms with Crippen LogP contribution in [0.5, 0.6) is 11.5 Å². The van der Waals surface area contributed by atoms with Gasteiger partial charge in [-0.1, -0.05) is 31.8 Å². The summed E-state index contributed by atoms with van der Waals surface area (Å²) in [5, 5.41) is 6.07. The highest BCUT2D eigenvalue weighted by atomic mass is 32.2. The first kappa shape index (κ1) is 40.4. The van der Waals surface area contributed by atoms with Crippen molar-refractivity contribution in [2.24, 2.45) is 11.8 Å². The van der Waals surface area contributed by atoms with Crippen LogP contribution < -0.4 is 24.8 Å². The topological polar surface area (TPSA) is 182 Å². The lowest BCUT2D eigenvalue weighted by molar-refractivity contribution is -0.142. The van der Waals surface area contributed by atoms with E-state index in [0.717, 1.165) is 87.2 Å². The molecule has 4 aliphatic carbocycles. The summed E-state index contributed by atoms with van der Waals surface area (Å²) in [4.78, 5) is 63.6. The minimum Gasteiger partial charge on any atom is -0.497 e. The van der Waals surface area contributed by atoms with Crippen molar-refractivity contribution in [3.63, 3.8) is 0 Å². The van der Waals surface area contributed by atoms with Crippen LogP contribution in [0.3, 0.4) is 0 Å². The van der Waals surface area contributed by atoms with E-state index >= 15 is 0 Å². The van der Waals surface area contributed by atoms with Gasteiger partial charge in [-0.2, -0.15) is 0 Å². The van der Waals surface area contributed by atoms with E-state index < -0.39 is 68.4 Å². The molecule has 1 saturated heterocycles. The molecule has 4 amide bonds. The van der Waals surface area contributed by atoms with Gasteiger partial charge in [0.15, 0.2) is 0 Å². The molecular weight excluding hydrogens is 763 g/mol. The maximum atomic E-state index is 15.0. The van der Waals surface area contributed by atoms with E-state index in [9.17, 15) is 27.6 Å². The lowest BCUT2D eigenvalue weighted by atomic mass is 9.87. The van der Waals surface area contributed by atoms with Gasteiger partial charge in [-0.05, 0) is 120 Å². The number of hydrogen-bond acceptors (Lipinski definition) is 10. The van der Waals surface area contributed by atoms with Crippen molar-refractivity contribution in [3.05, 3.63) is 41.6 Å². The van der Waals surface area contributed by atoms with Crippen LogP contribution in [0, 0.1) is 11.8 Å². The summed E-state index contributed by atoms with van der Waals surface area (Å²) in [5.74, 6) is -0.537. The Hall–Kier alpha value is -4.40. The fourth-order valence-electron chi connectivity index (χ4n) is 9.98. The summed E-state index contributed by atoms with van der Waals surface area (Å²) < 4.78 is 46.4. The summed E-state index contributed by atoms with van der Waals surface area (Å²) in [6.45, 7) is 3.78. The van der Waals surface area contributed by atoms with Crippen molar-refractivity contribution in [2.45, 2.75) is 151 Å². The van der Waals surface area contributed by atoms with E-state index in [0.29, 0.717) is 36.3 Å². The molecule has 5 fully saturated rings. The standard InChI is InChI=1S/C43H57N5O9S/c1-4-28-24-43(28,40(51)47-58(53,54)32-17-18-32)46-38(49)35-23-31-25-48(35)39(50)37(26-11-8-9-12-26)45-41(52)57-42(2)20-10-14-29(42)13-6-5-7-15-34-36(56-31)22-27-21-30(55-3)16-19-33(27)44-34/h4,16,19,21-22,26,29,31-32,35,37H,5-15,17-18,20,23-25H2,1-3H3,(H,45,52)(H,46,49)(H,47,51)/b28-4+/t29-,31-,35+,37+,42-,43?/m1/s1. The first-order valence-corrected chi connectivity index (χ1v) is 22.8. The van der Waals surface area contributed by atoms with Gasteiger partial charge in [0.25, 0.3) is 5.91 Å². The molecule has 8 rings (SSSR count). The third kappa shape index (κ3) is 8.11. The Balaban J connectivity index is 1.14. The van der Waals surface area contributed by atoms with Crippen molar-refractivity contribution in [3.8, 4) is 11.5 Å². The zero-order valence-electron chi connectivity index (χ0n) is 33.8. The number of methoxy groups -OCH3 is 1. The highest BCUT2D eigenvalue weighted by Gasteiger charge is 2.59. The van der Waals surface area contributed by atoms with Gasteiger partial charge in [0.1, 0.15) is 40.8 Å². The molecule has 314 valence electrons. The second kappa shape index (κ2) is 16.0. The molecule has 1 aromatic carbocycles. The number of allylic oxidation sites excluding steroid dienone is 1. The van der Waals surface area contributed by atoms with Gasteiger partial charge in [-0.25, -0.2) is 18.2 Å². The molecule has 4 saturated carbocycles. The number of hydrogen-bond donors (Lipinski definition) is 3. The number of sulfonamides is 1. The Morgan fingerprint density at radius 1 is 1.02 bits per heavy atom. The van der Waals surface area contributed by atoms with Crippen LogP contribution in [0.4, 0.5) is 4.79 Å². The molecule has 0 radical (unpaired) electrons. The Kier molecular flexibility index (Phi) is 11.1. The summed E-state index contributed by atoms with van der Waals surface area (Å²) >= 11 is 0. The van der Waals surface area contributed by atoms with Crippen LogP contribution in [-0.2, 0) is 35.6 Å². The summed E-state index contributed by atoms with van der Waals surface area (Å²) in [6, 6.07) is 5.62. The number of aromatic nitrogens is 1. The average Bonchev–Trinajstić information content (AvgIpc) is 4.01. The van der Waals surface area contributed by atoms with E-state index in [1.165, 1.54) is 4.90 Å². The van der Waals surface area contributed by atoms with Crippen molar-refractivity contribution in [2.75, 3.05) is 13.7 Å². The van der Waals surface area contributed by atoms with E-state index in [1.807, 2.05) is 31.2 Å². The van der Waals surface area contributed by atoms with Crippen LogP contribution in [0.15, 0.2) is 35.9 Å². The fraction of sp³-hybridized carbons (Fsp3) is 0.651. The number of benzene rings is 1. The normalized spacial score (nSPS) is 31.6. The van der Waals surface area contributed by atoms with Crippen LogP contribution in [0.2, 0.25) is 0 Å². The van der Waals surface area contributed by atoms with Crippen LogP contribution in [-0.4, -0.2) is 90.3 Å². The Labute approximate surface area is 340 Å². The molecular formula is C43H57N5O9S. The van der Waals surface area contributed by atoms with Gasteiger partial charge in [-0.3, -0.25) is 19.1 Å². The molecule has 15 heteroatoms. The predicted molar refractivity (Wildman–Crippen MR) is 215 cm³/mol. The fourth-order valence-corrected chi connectivity index (χ4v) is 11.3. The highest BCUT2D eigenvalue weighted by Crippen LogP contribution is 2.45. The lowest BCUT2D eigenvalue weighted by Crippen LogP contribution is -2.59. The molecule has 14 nitrogen and oxygen atoms in total. The molecule has 3 heterocycles. The third-order valence-electron chi connectivity index (χ3n) is 13.6. The summed E-state index contributed by atoms with van der Waals surface area (Å²) in [7, 11) is -2.28. The smallest absolute Gasteiger partial charge is 0.408 e. The minimum absolute atomic E-state index is 0.0397. The Bertz CT molecular complexity index is 2100. The van der Waals surface area contributed by atoms with Gasteiger partial charge >= 0.3 is 6.09 Å². The van der Waals surface area contributed by atoms with Gasteiger partial charge < -0.3 is 29.7 Å². The van der Waals surface area contributed by atoms with Crippen LogP contribution >= 0.6 is 0 Å². The maximum absolute atomic E-state index is 15.0. The largest absolute Gasteiger partial charge is 0.497 e. The van der Waals surface area contributed by atoms with Crippen molar-refractivity contribution >= 4 is 44.7 Å². The average molecular weight is 820 g/mol. The monoisotopic (exact) mass is 819 g/mol. The SMILES string of the molecule is C/C=C1\CC1(NC(=O)[C@@H]1C[C@@H]2CN1C(=O)[C@H](C1CCCC1)NC(=O)O[C@]1(C)CCC[C@H]1CCCCCc1nc3ccc(OC)cc3cc1O2)C(=O)NS(=O)(=O)C1CC1. The van der Waals surface area contributed by atoms with Crippen molar-refractivity contribution in [1.29, 1.82) is 0 Å². The van der Waals surface area contributed by atoms with E-state index in [4.69, 9.17) is 19.2 Å². The molecule has 2 aliphatic heterocycles. The highest BCUT2D eigenvalue weighted by molar-refractivity contribution is 7.91. The Morgan fingerprint density at radius 2 is 1.78 bits per heavy atom. The number of carbonyl (C=O) groups is 4. The van der Waals surface area contributed by atoms with Crippen molar-refractivity contribution in [1.82, 2.24) is 25.2 Å². The van der Waals surface area contributed by atoms with Gasteiger partial charge in [-0.15, -0.1) is 0 Å². The molecule has 58 heavy (non-hydrogen) atoms. The van der Waals surface area contributed by atoms with Crippen LogP contribution in [0.1, 0.15) is 116 Å². The lowest BCUT2D eigenvalue weighted by Gasteiger charge is -2.35. The number of nitrogens with one attached hydrogen (secondary N) is 3. The van der Waals surface area contributed by atoms with Gasteiger partial charge in [0, 0.05) is 18.2 Å². The second-order valence-corrected chi connectivity index (χ2v) is 19.6. The number of rotatable bonds is 7. The molecule has 2 aromatic rings. The second-order valence-electron chi connectivity index (χ2n) is 17.6. The van der Waals surface area contributed by atoms with Gasteiger partial charge in [0.2, 0.25) is 21.8 Å². The molecule has 6 aliphatic rings. The van der Waals surface area contributed by atoms with E-state index in [-0.39, 0.29) is 31.2 Å². The van der Waals surface area contributed by atoms with Crippen LogP contribution in [0.25, 0.3) is 10.9 Å². The first-order valence-electron chi connectivity index (χ1n) is 21.3. The number of alkyl carbamates (subject to hydrolysis) is 1. The zero-order valence-corrected chi connectivity index (χ0v) is 34.7. The number of aryl methyl sites for hydroxylation is 1. The number of ether oxygens (including phenoxy) is 3. The van der Waals surface area contributed by atoms with Crippen molar-refractivity contribution < 1.29 is 41.8 Å². The predicted octanol–water partition coefficient (Wildman–Crippen LogP) is 5.37. The quantitative estimate of drug-likeness (QED) is 0.308. The third-order valence-corrected chi connectivity index (χ3v) is 15.5. The molecule has 2 bridgehead atoms. The first-order chi connectivity index (χ1) is 27.8. The molecule has 3 N–H and O–H groups in total. The molecule has 1 aromatic heterocycles. The number of pyridine rings is 1. The summed E-state index contributed by atoms with van der Waals surface area (Å²) in [6.07, 6.45) is 12.0. The van der Waals surface area contributed by atoms with E-state index in [1.54, 1.807) is 20.1 Å². The number of amides is 4. The minimum atomic E-state index is -3.89. The maximum Gasteiger partial charge on any atom is 0.408 e. The molecule has 0 spiro atoms. The summed E-state index contributed by atoms with van der Waals surface area (Å²) in [5.41, 5.74) is -0.0325. The zero-order chi connectivity index (χ0) is 40.8. The van der Waals surface area contributed by atoms with Gasteiger partial charge in [0.05, 0.1) is 30.1 Å². The molecule has 6 atom stereocenters. The molecule has 1 unspecified atom stereocenters.